The van der Waals surface area contributed by atoms with Crippen LogP contribution in [0.1, 0.15) is 12.5 Å². The highest BCUT2D eigenvalue weighted by Gasteiger charge is 2.17. The highest BCUT2D eigenvalue weighted by molar-refractivity contribution is 7.98. The Hall–Kier alpha value is -1.27. The zero-order valence-electron chi connectivity index (χ0n) is 11.6. The van der Waals surface area contributed by atoms with E-state index in [0.717, 1.165) is 16.1 Å². The second kappa shape index (κ2) is 6.77. The highest BCUT2D eigenvalue weighted by atomic mass is 32.2. The molecule has 0 aliphatic heterocycles. The van der Waals surface area contributed by atoms with Crippen LogP contribution in [0.3, 0.4) is 0 Å². The van der Waals surface area contributed by atoms with Crippen molar-refractivity contribution in [2.45, 2.75) is 17.9 Å². The van der Waals surface area contributed by atoms with Gasteiger partial charge in [0.25, 0.3) is 0 Å². The summed E-state index contributed by atoms with van der Waals surface area (Å²) in [5.74, 6) is 0.00319. The van der Waals surface area contributed by atoms with Gasteiger partial charge in [0, 0.05) is 30.2 Å². The van der Waals surface area contributed by atoms with Crippen LogP contribution in [0, 0.1) is 0 Å². The van der Waals surface area contributed by atoms with E-state index >= 15 is 0 Å². The molecule has 0 saturated heterocycles. The first kappa shape index (κ1) is 15.8. The minimum absolute atomic E-state index is 0.00319. The first-order valence-corrected chi connectivity index (χ1v) is 7.46. The molecule has 1 unspecified atom stereocenters. The number of rotatable bonds is 5. The fraction of sp³-hybridized carbons (Fsp3) is 0.385. The maximum absolute atomic E-state index is 11.9. The quantitative estimate of drug-likeness (QED) is 0.642. The van der Waals surface area contributed by atoms with Crippen LogP contribution < -0.4 is 11.1 Å². The van der Waals surface area contributed by atoms with Crippen molar-refractivity contribution >= 4 is 40.6 Å². The van der Waals surface area contributed by atoms with E-state index in [4.69, 9.17) is 18.0 Å². The van der Waals surface area contributed by atoms with Crippen LogP contribution in [-0.4, -0.2) is 42.2 Å². The number of anilines is 1. The molecule has 104 valence electrons. The normalized spacial score (nSPS) is 11.8. The third kappa shape index (κ3) is 3.84. The Bertz CT molecular complexity index is 489. The zero-order chi connectivity index (χ0) is 14.6. The summed E-state index contributed by atoms with van der Waals surface area (Å²) >= 11 is 6.68. The summed E-state index contributed by atoms with van der Waals surface area (Å²) in [5.41, 5.74) is 7.37. The van der Waals surface area contributed by atoms with Crippen molar-refractivity contribution in [2.75, 3.05) is 25.7 Å². The Balaban J connectivity index is 3.08. The molecule has 6 heteroatoms. The van der Waals surface area contributed by atoms with E-state index in [-0.39, 0.29) is 11.9 Å². The summed E-state index contributed by atoms with van der Waals surface area (Å²) in [5, 5.41) is 3.18. The predicted octanol–water partition coefficient (Wildman–Crippen LogP) is 1.93. The van der Waals surface area contributed by atoms with Gasteiger partial charge in [0.2, 0.25) is 5.91 Å². The van der Waals surface area contributed by atoms with Gasteiger partial charge in [-0.2, -0.15) is 0 Å². The smallest absolute Gasteiger partial charge is 0.244 e. The number of amides is 1. The Labute approximate surface area is 123 Å². The third-order valence-electron chi connectivity index (χ3n) is 2.68. The third-order valence-corrected chi connectivity index (χ3v) is 3.66. The van der Waals surface area contributed by atoms with E-state index in [2.05, 4.69) is 5.32 Å². The van der Waals surface area contributed by atoms with Gasteiger partial charge in [0.05, 0.1) is 0 Å². The standard InChI is InChI=1S/C13H19N3OS2/c1-8(13(17)16(2)3)15-9-6-5-7-10(19-4)11(9)12(14)18/h5-8,15H,1-4H3,(H2,14,18). The van der Waals surface area contributed by atoms with Gasteiger partial charge in [-0.1, -0.05) is 18.3 Å². The number of nitrogens with two attached hydrogens (primary N) is 1. The number of carbonyl (C=O) groups excluding carboxylic acids is 1. The van der Waals surface area contributed by atoms with Crippen molar-refractivity contribution < 1.29 is 4.79 Å². The summed E-state index contributed by atoms with van der Waals surface area (Å²) in [6, 6.07) is 5.43. The summed E-state index contributed by atoms with van der Waals surface area (Å²) in [6.07, 6.45) is 1.97. The average molecular weight is 297 g/mol. The lowest BCUT2D eigenvalue weighted by molar-refractivity contribution is -0.129. The molecule has 0 saturated carbocycles. The van der Waals surface area contributed by atoms with Crippen molar-refractivity contribution in [3.8, 4) is 0 Å². The zero-order valence-corrected chi connectivity index (χ0v) is 13.2. The van der Waals surface area contributed by atoms with Crippen LogP contribution >= 0.6 is 24.0 Å². The molecular weight excluding hydrogens is 278 g/mol. The average Bonchev–Trinajstić information content (AvgIpc) is 2.36. The summed E-state index contributed by atoms with van der Waals surface area (Å²) < 4.78 is 0. The monoisotopic (exact) mass is 297 g/mol. The molecule has 1 amide bonds. The second-order valence-electron chi connectivity index (χ2n) is 4.35. The topological polar surface area (TPSA) is 58.4 Å². The van der Waals surface area contributed by atoms with Gasteiger partial charge in [-0.15, -0.1) is 11.8 Å². The van der Waals surface area contributed by atoms with E-state index in [1.807, 2.05) is 31.4 Å². The van der Waals surface area contributed by atoms with Gasteiger partial charge in [0.15, 0.2) is 0 Å². The maximum Gasteiger partial charge on any atom is 0.244 e. The van der Waals surface area contributed by atoms with Crippen LogP contribution in [0.15, 0.2) is 23.1 Å². The molecule has 3 N–H and O–H groups in total. The Kier molecular flexibility index (Phi) is 5.62. The van der Waals surface area contributed by atoms with E-state index in [1.54, 1.807) is 30.8 Å². The number of nitrogens with zero attached hydrogens (tertiary/aromatic N) is 1. The minimum atomic E-state index is -0.333. The molecule has 0 aromatic heterocycles. The molecule has 19 heavy (non-hydrogen) atoms. The number of thiocarbonyl (C=S) groups is 1. The molecule has 0 aliphatic carbocycles. The SMILES string of the molecule is CSc1cccc(NC(C)C(=O)N(C)C)c1C(N)=S. The van der Waals surface area contributed by atoms with Gasteiger partial charge in [-0.25, -0.2) is 0 Å². The first-order valence-electron chi connectivity index (χ1n) is 5.83. The Morgan fingerprint density at radius 2 is 2.11 bits per heavy atom. The summed E-state index contributed by atoms with van der Waals surface area (Å²) in [7, 11) is 3.46. The molecule has 0 radical (unpaired) electrons. The largest absolute Gasteiger partial charge is 0.389 e. The van der Waals surface area contributed by atoms with Gasteiger partial charge in [-0.3, -0.25) is 4.79 Å². The molecule has 0 bridgehead atoms. The molecule has 1 atom stereocenters. The van der Waals surface area contributed by atoms with Crippen molar-refractivity contribution in [3.05, 3.63) is 23.8 Å². The van der Waals surface area contributed by atoms with E-state index < -0.39 is 0 Å². The molecule has 0 heterocycles. The van der Waals surface area contributed by atoms with Crippen LogP contribution in [0.25, 0.3) is 0 Å². The fourth-order valence-corrected chi connectivity index (χ4v) is 2.68. The van der Waals surface area contributed by atoms with Gasteiger partial charge >= 0.3 is 0 Å². The van der Waals surface area contributed by atoms with E-state index in [9.17, 15) is 4.79 Å². The molecule has 0 fully saturated rings. The van der Waals surface area contributed by atoms with E-state index in [1.165, 1.54) is 0 Å². The van der Waals surface area contributed by atoms with Crippen LogP contribution in [0.5, 0.6) is 0 Å². The van der Waals surface area contributed by atoms with Crippen LogP contribution in [0.4, 0.5) is 5.69 Å². The molecule has 0 aliphatic rings. The molecule has 1 aromatic carbocycles. The van der Waals surface area contributed by atoms with Gasteiger partial charge in [-0.05, 0) is 25.3 Å². The number of likely N-dealkylation sites (N-methyl/N-ethyl adjacent to an activating group) is 1. The number of nitrogens with one attached hydrogen (secondary N) is 1. The predicted molar refractivity (Wildman–Crippen MR) is 85.9 cm³/mol. The van der Waals surface area contributed by atoms with Crippen LogP contribution in [-0.2, 0) is 4.79 Å². The number of benzene rings is 1. The van der Waals surface area contributed by atoms with Crippen molar-refractivity contribution in [1.29, 1.82) is 0 Å². The number of thioether (sulfide) groups is 1. The second-order valence-corrected chi connectivity index (χ2v) is 5.63. The van der Waals surface area contributed by atoms with E-state index in [0.29, 0.717) is 4.99 Å². The Morgan fingerprint density at radius 3 is 2.58 bits per heavy atom. The van der Waals surface area contributed by atoms with Gasteiger partial charge < -0.3 is 16.0 Å². The molecule has 4 nitrogen and oxygen atoms in total. The van der Waals surface area contributed by atoms with Crippen molar-refractivity contribution in [1.82, 2.24) is 4.90 Å². The number of carbonyl (C=O) groups is 1. The molecule has 1 aromatic rings. The van der Waals surface area contributed by atoms with Crippen molar-refractivity contribution in [2.24, 2.45) is 5.73 Å². The molecule has 1 rings (SSSR count). The highest BCUT2D eigenvalue weighted by Crippen LogP contribution is 2.27. The summed E-state index contributed by atoms with van der Waals surface area (Å²) in [4.78, 5) is 14.8. The molecule has 0 spiro atoms. The van der Waals surface area contributed by atoms with Crippen LogP contribution in [0.2, 0.25) is 0 Å². The van der Waals surface area contributed by atoms with Crippen molar-refractivity contribution in [3.63, 3.8) is 0 Å². The number of hydrogen-bond donors (Lipinski definition) is 2. The Morgan fingerprint density at radius 1 is 1.47 bits per heavy atom. The van der Waals surface area contributed by atoms with Gasteiger partial charge in [0.1, 0.15) is 11.0 Å². The lowest BCUT2D eigenvalue weighted by atomic mass is 10.1. The fourth-order valence-electron chi connectivity index (χ4n) is 1.76. The summed E-state index contributed by atoms with van der Waals surface area (Å²) in [6.45, 7) is 1.82. The molecular formula is C13H19N3OS2. The lowest BCUT2D eigenvalue weighted by Crippen LogP contribution is -2.37. The lowest BCUT2D eigenvalue weighted by Gasteiger charge is -2.21. The number of hydrogen-bond acceptors (Lipinski definition) is 4. The maximum atomic E-state index is 11.9. The first-order chi connectivity index (χ1) is 8.88. The minimum Gasteiger partial charge on any atom is -0.389 e.